The molecule has 168 valence electrons. The van der Waals surface area contributed by atoms with E-state index < -0.39 is 0 Å². The summed E-state index contributed by atoms with van der Waals surface area (Å²) < 4.78 is 17.6. The molecule has 2 heterocycles. The lowest BCUT2D eigenvalue weighted by atomic mass is 9.98. The van der Waals surface area contributed by atoms with Crippen molar-refractivity contribution in [2.45, 2.75) is 39.8 Å². The number of anilines is 1. The van der Waals surface area contributed by atoms with Crippen molar-refractivity contribution in [3.8, 4) is 11.5 Å². The van der Waals surface area contributed by atoms with Crippen LogP contribution in [0.1, 0.15) is 35.6 Å². The Balaban J connectivity index is 1.37. The van der Waals surface area contributed by atoms with E-state index in [1.54, 1.807) is 6.07 Å². The molecule has 0 aliphatic carbocycles. The molecule has 0 N–H and O–H groups in total. The zero-order valence-electron chi connectivity index (χ0n) is 19.0. The maximum Gasteiger partial charge on any atom is 0.336 e. The van der Waals surface area contributed by atoms with Crippen LogP contribution in [0.3, 0.4) is 0 Å². The van der Waals surface area contributed by atoms with Gasteiger partial charge >= 0.3 is 5.63 Å². The summed E-state index contributed by atoms with van der Waals surface area (Å²) in [6, 6.07) is 22.0. The van der Waals surface area contributed by atoms with Crippen LogP contribution in [0.2, 0.25) is 0 Å². The molecule has 0 atom stereocenters. The van der Waals surface area contributed by atoms with E-state index in [2.05, 4.69) is 42.2 Å². The largest absolute Gasteiger partial charge is 0.489 e. The van der Waals surface area contributed by atoms with E-state index in [0.717, 1.165) is 64.2 Å². The van der Waals surface area contributed by atoms with E-state index in [9.17, 15) is 4.79 Å². The zero-order valence-corrected chi connectivity index (χ0v) is 19.0. The molecule has 0 saturated carbocycles. The average molecular weight is 442 g/mol. The molecule has 0 saturated heterocycles. The molecule has 1 aromatic heterocycles. The molecule has 5 nitrogen and oxygen atoms in total. The number of nitrogens with zero attached hydrogens (tertiary/aromatic N) is 1. The van der Waals surface area contributed by atoms with Gasteiger partial charge < -0.3 is 18.8 Å². The van der Waals surface area contributed by atoms with Gasteiger partial charge in [0, 0.05) is 34.8 Å². The molecule has 0 radical (unpaired) electrons. The van der Waals surface area contributed by atoms with Gasteiger partial charge in [0.1, 0.15) is 23.7 Å². The van der Waals surface area contributed by atoms with E-state index in [1.165, 1.54) is 0 Å². The Kier molecular flexibility index (Phi) is 5.78. The fraction of sp³-hybridized carbons (Fsp3) is 0.250. The fourth-order valence-corrected chi connectivity index (χ4v) is 4.42. The summed E-state index contributed by atoms with van der Waals surface area (Å²) in [4.78, 5) is 14.3. The van der Waals surface area contributed by atoms with Crippen molar-refractivity contribution in [3.05, 3.63) is 99.4 Å². The second kappa shape index (κ2) is 9.02. The molecule has 5 rings (SSSR count). The van der Waals surface area contributed by atoms with Gasteiger partial charge in [-0.1, -0.05) is 43.7 Å². The topological polar surface area (TPSA) is 51.9 Å². The SMILES string of the molecule is CCCc1cc(=O)oc2c(C)c3c(cc12)CN(c1ccc(OCc2ccccc2)cc1)CO3. The number of benzene rings is 3. The lowest BCUT2D eigenvalue weighted by molar-refractivity contribution is 0.287. The highest BCUT2D eigenvalue weighted by atomic mass is 16.5. The highest BCUT2D eigenvalue weighted by molar-refractivity contribution is 5.86. The van der Waals surface area contributed by atoms with Crippen molar-refractivity contribution in [2.24, 2.45) is 0 Å². The molecular weight excluding hydrogens is 414 g/mol. The van der Waals surface area contributed by atoms with Crippen molar-refractivity contribution in [2.75, 3.05) is 11.6 Å². The molecule has 0 amide bonds. The first-order valence-electron chi connectivity index (χ1n) is 11.4. The van der Waals surface area contributed by atoms with Crippen LogP contribution in [0.25, 0.3) is 11.0 Å². The summed E-state index contributed by atoms with van der Waals surface area (Å²) in [7, 11) is 0. The summed E-state index contributed by atoms with van der Waals surface area (Å²) in [6.07, 6.45) is 1.81. The van der Waals surface area contributed by atoms with Gasteiger partial charge in [-0.15, -0.1) is 0 Å². The Labute approximate surface area is 193 Å². The molecule has 33 heavy (non-hydrogen) atoms. The van der Waals surface area contributed by atoms with Gasteiger partial charge in [0.15, 0.2) is 6.73 Å². The minimum absolute atomic E-state index is 0.305. The fourth-order valence-electron chi connectivity index (χ4n) is 4.42. The van der Waals surface area contributed by atoms with Gasteiger partial charge in [0.2, 0.25) is 0 Å². The monoisotopic (exact) mass is 441 g/mol. The van der Waals surface area contributed by atoms with Crippen molar-refractivity contribution in [3.63, 3.8) is 0 Å². The molecule has 0 fully saturated rings. The first-order chi connectivity index (χ1) is 16.1. The third-order valence-corrected chi connectivity index (χ3v) is 6.07. The van der Waals surface area contributed by atoms with Crippen LogP contribution in [0.4, 0.5) is 5.69 Å². The predicted octanol–water partition coefficient (Wildman–Crippen LogP) is 5.99. The predicted molar refractivity (Wildman–Crippen MR) is 130 cm³/mol. The van der Waals surface area contributed by atoms with Crippen LogP contribution < -0.4 is 20.0 Å². The van der Waals surface area contributed by atoms with Gasteiger partial charge in [-0.2, -0.15) is 0 Å². The van der Waals surface area contributed by atoms with Crippen LogP contribution in [-0.4, -0.2) is 6.73 Å². The molecule has 0 bridgehead atoms. The number of hydrogen-bond donors (Lipinski definition) is 0. The van der Waals surface area contributed by atoms with E-state index in [-0.39, 0.29) is 5.63 Å². The Hall–Kier alpha value is -3.73. The zero-order chi connectivity index (χ0) is 22.8. The van der Waals surface area contributed by atoms with Crippen LogP contribution in [0.15, 0.2) is 75.9 Å². The maximum atomic E-state index is 12.1. The Morgan fingerprint density at radius 2 is 1.82 bits per heavy atom. The molecule has 1 aliphatic heterocycles. The van der Waals surface area contributed by atoms with Crippen LogP contribution in [0.5, 0.6) is 11.5 Å². The Morgan fingerprint density at radius 1 is 1.03 bits per heavy atom. The average Bonchev–Trinajstić information content (AvgIpc) is 2.84. The molecular formula is C28H27NO4. The minimum atomic E-state index is -0.305. The van der Waals surface area contributed by atoms with Crippen LogP contribution in [-0.2, 0) is 19.6 Å². The van der Waals surface area contributed by atoms with Crippen molar-refractivity contribution >= 4 is 16.7 Å². The van der Waals surface area contributed by atoms with Gasteiger partial charge in [0.25, 0.3) is 0 Å². The summed E-state index contributed by atoms with van der Waals surface area (Å²) in [5, 5.41) is 1.00. The number of aryl methyl sites for hydroxylation is 2. The summed E-state index contributed by atoms with van der Waals surface area (Å²) in [5.41, 5.74) is 5.57. The number of ether oxygens (including phenoxy) is 2. The first kappa shape index (κ1) is 21.1. The molecule has 1 aliphatic rings. The molecule has 3 aromatic carbocycles. The maximum absolute atomic E-state index is 12.1. The Morgan fingerprint density at radius 3 is 2.58 bits per heavy atom. The van der Waals surface area contributed by atoms with Crippen LogP contribution >= 0.6 is 0 Å². The lowest BCUT2D eigenvalue weighted by Crippen LogP contribution is -2.32. The van der Waals surface area contributed by atoms with Crippen molar-refractivity contribution in [1.82, 2.24) is 0 Å². The van der Waals surface area contributed by atoms with Crippen molar-refractivity contribution in [1.29, 1.82) is 0 Å². The van der Waals surface area contributed by atoms with Crippen molar-refractivity contribution < 1.29 is 13.9 Å². The normalized spacial score (nSPS) is 13.0. The second-order valence-electron chi connectivity index (χ2n) is 8.45. The van der Waals surface area contributed by atoms with Gasteiger partial charge in [-0.3, -0.25) is 0 Å². The molecule has 4 aromatic rings. The highest BCUT2D eigenvalue weighted by Gasteiger charge is 2.23. The van der Waals surface area contributed by atoms with E-state index in [4.69, 9.17) is 13.9 Å². The molecule has 0 unspecified atom stereocenters. The quantitative estimate of drug-likeness (QED) is 0.344. The standard InChI is InChI=1S/C28H27NO4/c1-3-7-21-15-26(30)33-28-19(2)27-22(14-25(21)28)16-29(18-32-27)23-10-12-24(13-11-23)31-17-20-8-5-4-6-9-20/h4-6,8-15H,3,7,16-18H2,1-2H3. The molecule has 5 heteroatoms. The third-order valence-electron chi connectivity index (χ3n) is 6.07. The Bertz CT molecular complexity index is 1330. The summed E-state index contributed by atoms with van der Waals surface area (Å²) in [6.45, 7) is 5.78. The lowest BCUT2D eigenvalue weighted by Gasteiger charge is -2.32. The number of hydrogen-bond acceptors (Lipinski definition) is 5. The number of fused-ring (bicyclic) bond motifs is 2. The minimum Gasteiger partial charge on any atom is -0.489 e. The smallest absolute Gasteiger partial charge is 0.336 e. The summed E-state index contributed by atoms with van der Waals surface area (Å²) >= 11 is 0. The van der Waals surface area contributed by atoms with E-state index in [1.807, 2.05) is 37.3 Å². The second-order valence-corrected chi connectivity index (χ2v) is 8.45. The van der Waals surface area contributed by atoms with Gasteiger partial charge in [-0.25, -0.2) is 4.79 Å². The van der Waals surface area contributed by atoms with Crippen LogP contribution in [0, 0.1) is 6.92 Å². The van der Waals surface area contributed by atoms with Gasteiger partial charge in [0.05, 0.1) is 0 Å². The van der Waals surface area contributed by atoms with Gasteiger partial charge in [-0.05, 0) is 54.8 Å². The third kappa shape index (κ3) is 4.31. The summed E-state index contributed by atoms with van der Waals surface area (Å²) in [5.74, 6) is 1.65. The van der Waals surface area contributed by atoms with E-state index >= 15 is 0 Å². The first-order valence-corrected chi connectivity index (χ1v) is 11.4. The van der Waals surface area contributed by atoms with E-state index in [0.29, 0.717) is 18.9 Å². The number of rotatable bonds is 6. The highest BCUT2D eigenvalue weighted by Crippen LogP contribution is 2.37. The molecule has 0 spiro atoms.